The normalized spacial score (nSPS) is 17.2. The number of carbonyl (C=O) groups is 1. The monoisotopic (exact) mass is 214 g/mol. The maximum Gasteiger partial charge on any atom is 0.156 e. The predicted octanol–water partition coefficient (Wildman–Crippen LogP) is 2.45. The summed E-state index contributed by atoms with van der Waals surface area (Å²) >= 11 is 0. The van der Waals surface area contributed by atoms with Crippen molar-refractivity contribution in [1.82, 2.24) is 4.98 Å². The highest BCUT2D eigenvalue weighted by Crippen LogP contribution is 2.31. The summed E-state index contributed by atoms with van der Waals surface area (Å²) in [6.07, 6.45) is 5.64. The first-order valence-electron chi connectivity index (χ1n) is 5.64. The molecule has 1 heterocycles. The highest BCUT2D eigenvalue weighted by atomic mass is 16.1. The first-order valence-corrected chi connectivity index (χ1v) is 5.64. The molecule has 0 saturated heterocycles. The summed E-state index contributed by atoms with van der Waals surface area (Å²) in [6, 6.07) is 7.40. The number of Topliss-reactive ketones (excluding diaryl/α,β-unsaturated/α-hetero) is 1. The molecule has 1 aromatic rings. The minimum Gasteiger partial charge on any atom is -0.298 e. The number of ketones is 1. The van der Waals surface area contributed by atoms with Crippen molar-refractivity contribution in [3.8, 4) is 6.07 Å². The van der Waals surface area contributed by atoms with Gasteiger partial charge in [-0.1, -0.05) is 25.3 Å². The van der Waals surface area contributed by atoms with E-state index in [9.17, 15) is 4.79 Å². The number of rotatable bonds is 4. The Bertz CT molecular complexity index is 404. The molecule has 0 spiro atoms. The van der Waals surface area contributed by atoms with E-state index in [1.165, 1.54) is 6.42 Å². The van der Waals surface area contributed by atoms with Gasteiger partial charge in [0.05, 0.1) is 11.8 Å². The van der Waals surface area contributed by atoms with E-state index >= 15 is 0 Å². The van der Waals surface area contributed by atoms with Gasteiger partial charge >= 0.3 is 0 Å². The molecule has 1 unspecified atom stereocenters. The molecule has 1 aliphatic carbocycles. The fourth-order valence-electron chi connectivity index (χ4n) is 1.95. The van der Waals surface area contributed by atoms with Gasteiger partial charge in [0.25, 0.3) is 0 Å². The zero-order valence-corrected chi connectivity index (χ0v) is 9.10. The Labute approximate surface area is 95.1 Å². The van der Waals surface area contributed by atoms with Crippen LogP contribution in [-0.4, -0.2) is 10.8 Å². The van der Waals surface area contributed by atoms with E-state index in [1.807, 2.05) is 6.07 Å². The van der Waals surface area contributed by atoms with Gasteiger partial charge in [-0.25, -0.2) is 0 Å². The largest absolute Gasteiger partial charge is 0.298 e. The first kappa shape index (κ1) is 10.8. The maximum atomic E-state index is 11.9. The molecule has 0 aromatic carbocycles. The average Bonchev–Trinajstić information content (AvgIpc) is 2.26. The van der Waals surface area contributed by atoms with E-state index in [1.54, 1.807) is 18.3 Å². The molecule has 82 valence electrons. The summed E-state index contributed by atoms with van der Waals surface area (Å²) in [5, 5.41) is 9.04. The summed E-state index contributed by atoms with van der Waals surface area (Å²) < 4.78 is 0. The Morgan fingerprint density at radius 3 is 2.88 bits per heavy atom. The van der Waals surface area contributed by atoms with Crippen LogP contribution >= 0.6 is 0 Å². The predicted molar refractivity (Wildman–Crippen MR) is 59.6 cm³/mol. The van der Waals surface area contributed by atoms with Crippen molar-refractivity contribution in [1.29, 1.82) is 5.26 Å². The van der Waals surface area contributed by atoms with Crippen LogP contribution in [0.15, 0.2) is 24.4 Å². The SMILES string of the molecule is N#CC(C(=O)CC1CCC1)c1ccccn1. The van der Waals surface area contributed by atoms with E-state index < -0.39 is 5.92 Å². The molecule has 0 bridgehead atoms. The van der Waals surface area contributed by atoms with Gasteiger partial charge in [0.1, 0.15) is 5.92 Å². The topological polar surface area (TPSA) is 53.8 Å². The number of pyridine rings is 1. The number of hydrogen-bond donors (Lipinski definition) is 0. The lowest BCUT2D eigenvalue weighted by atomic mass is 9.79. The Hall–Kier alpha value is -1.69. The molecule has 1 aliphatic rings. The third-order valence-electron chi connectivity index (χ3n) is 3.15. The molecule has 3 nitrogen and oxygen atoms in total. The van der Waals surface area contributed by atoms with Crippen LogP contribution in [0, 0.1) is 17.2 Å². The third-order valence-corrected chi connectivity index (χ3v) is 3.15. The third kappa shape index (κ3) is 2.27. The lowest BCUT2D eigenvalue weighted by Crippen LogP contribution is -2.20. The van der Waals surface area contributed by atoms with Gasteiger partial charge in [0.2, 0.25) is 0 Å². The number of hydrogen-bond acceptors (Lipinski definition) is 3. The Kier molecular flexibility index (Phi) is 3.31. The Morgan fingerprint density at radius 1 is 1.56 bits per heavy atom. The fraction of sp³-hybridized carbons (Fsp3) is 0.462. The molecule has 16 heavy (non-hydrogen) atoms. The van der Waals surface area contributed by atoms with Crippen molar-refractivity contribution in [2.45, 2.75) is 31.6 Å². The number of nitrogens with zero attached hydrogens (tertiary/aromatic N) is 2. The molecule has 0 amide bonds. The molecule has 0 aliphatic heterocycles. The Balaban J connectivity index is 2.05. The second-order valence-corrected chi connectivity index (χ2v) is 4.28. The minimum absolute atomic E-state index is 0.0194. The summed E-state index contributed by atoms with van der Waals surface area (Å²) in [4.78, 5) is 16.0. The van der Waals surface area contributed by atoms with Crippen LogP contribution in [0.2, 0.25) is 0 Å². The van der Waals surface area contributed by atoms with Crippen LogP contribution in [-0.2, 0) is 4.79 Å². The van der Waals surface area contributed by atoms with Crippen LogP contribution in [0.5, 0.6) is 0 Å². The van der Waals surface area contributed by atoms with Crippen molar-refractivity contribution < 1.29 is 4.79 Å². The minimum atomic E-state index is -0.679. The van der Waals surface area contributed by atoms with Crippen LogP contribution in [0.25, 0.3) is 0 Å². The highest BCUT2D eigenvalue weighted by Gasteiger charge is 2.27. The first-order chi connectivity index (χ1) is 7.81. The molecule has 1 saturated carbocycles. The summed E-state index contributed by atoms with van der Waals surface area (Å²) in [5.41, 5.74) is 0.578. The standard InChI is InChI=1S/C13H14N2O/c14-9-11(12-6-1-2-7-15-12)13(16)8-10-4-3-5-10/h1-2,6-7,10-11H,3-5,8H2. The van der Waals surface area contributed by atoms with Gasteiger partial charge in [-0.15, -0.1) is 0 Å². The second kappa shape index (κ2) is 4.89. The van der Waals surface area contributed by atoms with Crippen LogP contribution in [0.3, 0.4) is 0 Å². The molecular formula is C13H14N2O. The van der Waals surface area contributed by atoms with Crippen LogP contribution in [0.1, 0.15) is 37.3 Å². The number of carbonyl (C=O) groups excluding carboxylic acids is 1. The molecule has 1 aromatic heterocycles. The maximum absolute atomic E-state index is 11.9. The van der Waals surface area contributed by atoms with Crippen molar-refractivity contribution in [2.24, 2.45) is 5.92 Å². The van der Waals surface area contributed by atoms with E-state index in [0.29, 0.717) is 18.0 Å². The van der Waals surface area contributed by atoms with Crippen molar-refractivity contribution in [2.75, 3.05) is 0 Å². The lowest BCUT2D eigenvalue weighted by Gasteiger charge is -2.25. The number of nitriles is 1. The second-order valence-electron chi connectivity index (χ2n) is 4.28. The van der Waals surface area contributed by atoms with E-state index in [2.05, 4.69) is 11.1 Å². The average molecular weight is 214 g/mol. The van der Waals surface area contributed by atoms with Crippen LogP contribution in [0.4, 0.5) is 0 Å². The molecule has 2 rings (SSSR count). The van der Waals surface area contributed by atoms with Crippen LogP contribution < -0.4 is 0 Å². The quantitative estimate of drug-likeness (QED) is 0.773. The lowest BCUT2D eigenvalue weighted by molar-refractivity contribution is -0.120. The zero-order chi connectivity index (χ0) is 11.4. The van der Waals surface area contributed by atoms with Crippen molar-refractivity contribution in [3.63, 3.8) is 0 Å². The molecule has 3 heteroatoms. The summed E-state index contributed by atoms with van der Waals surface area (Å²) in [5.74, 6) is -0.153. The fourth-order valence-corrected chi connectivity index (χ4v) is 1.95. The van der Waals surface area contributed by atoms with Gasteiger partial charge in [-0.2, -0.15) is 5.26 Å². The summed E-state index contributed by atoms with van der Waals surface area (Å²) in [7, 11) is 0. The van der Waals surface area contributed by atoms with Gasteiger partial charge in [0.15, 0.2) is 5.78 Å². The van der Waals surface area contributed by atoms with E-state index in [0.717, 1.165) is 12.8 Å². The van der Waals surface area contributed by atoms with Gasteiger partial charge in [0, 0.05) is 12.6 Å². The Morgan fingerprint density at radius 2 is 2.38 bits per heavy atom. The van der Waals surface area contributed by atoms with Gasteiger partial charge in [-0.3, -0.25) is 9.78 Å². The number of aromatic nitrogens is 1. The molecule has 1 atom stereocenters. The molecule has 0 N–H and O–H groups in total. The van der Waals surface area contributed by atoms with Crippen molar-refractivity contribution >= 4 is 5.78 Å². The summed E-state index contributed by atoms with van der Waals surface area (Å²) in [6.45, 7) is 0. The molecule has 0 radical (unpaired) electrons. The van der Waals surface area contributed by atoms with E-state index in [4.69, 9.17) is 5.26 Å². The van der Waals surface area contributed by atoms with Crippen molar-refractivity contribution in [3.05, 3.63) is 30.1 Å². The van der Waals surface area contributed by atoms with E-state index in [-0.39, 0.29) is 5.78 Å². The molecular weight excluding hydrogens is 200 g/mol. The zero-order valence-electron chi connectivity index (χ0n) is 9.10. The smallest absolute Gasteiger partial charge is 0.156 e. The van der Waals surface area contributed by atoms with Gasteiger partial charge < -0.3 is 0 Å². The highest BCUT2D eigenvalue weighted by molar-refractivity contribution is 5.88. The molecule has 1 fully saturated rings. The van der Waals surface area contributed by atoms with Gasteiger partial charge in [-0.05, 0) is 18.1 Å².